The van der Waals surface area contributed by atoms with Crippen molar-refractivity contribution in [2.75, 3.05) is 19.8 Å². The van der Waals surface area contributed by atoms with E-state index in [1.165, 1.54) is 6.07 Å². The Labute approximate surface area is 122 Å². The van der Waals surface area contributed by atoms with Gasteiger partial charge in [0, 0.05) is 5.56 Å². The predicted octanol–water partition coefficient (Wildman–Crippen LogP) is 2.00. The van der Waals surface area contributed by atoms with Gasteiger partial charge in [0.25, 0.3) is 5.91 Å². The molecule has 1 aromatic rings. The minimum absolute atomic E-state index is 0.131. The van der Waals surface area contributed by atoms with E-state index in [1.807, 2.05) is 6.92 Å². The van der Waals surface area contributed by atoms with Crippen LogP contribution in [0.15, 0.2) is 12.1 Å². The molecule has 0 fully saturated rings. The average molecular weight is 300 g/mol. The Morgan fingerprint density at radius 3 is 2.80 bits per heavy atom. The zero-order valence-electron chi connectivity index (χ0n) is 11.5. The Bertz CT molecular complexity index is 514. The summed E-state index contributed by atoms with van der Waals surface area (Å²) in [7, 11) is 0. The molecule has 1 aromatic carbocycles. The third kappa shape index (κ3) is 2.99. The van der Waals surface area contributed by atoms with Crippen molar-refractivity contribution in [3.8, 4) is 11.5 Å². The highest BCUT2D eigenvalue weighted by atomic mass is 35.5. The summed E-state index contributed by atoms with van der Waals surface area (Å²) in [5.74, 6) is 0.633. The van der Waals surface area contributed by atoms with Crippen LogP contribution in [0.4, 0.5) is 0 Å². The number of carbonyl (C=O) groups excluding carboxylic acids is 1. The van der Waals surface area contributed by atoms with Crippen molar-refractivity contribution in [1.82, 2.24) is 5.32 Å². The molecule has 0 spiro atoms. The first-order valence-electron chi connectivity index (χ1n) is 6.51. The molecule has 0 saturated heterocycles. The molecule has 2 rings (SSSR count). The lowest BCUT2D eigenvalue weighted by molar-refractivity contribution is 0.0846. The maximum absolute atomic E-state index is 12.2. The van der Waals surface area contributed by atoms with Crippen LogP contribution in [0, 0.1) is 0 Å². The molecule has 20 heavy (non-hydrogen) atoms. The molecule has 1 heterocycles. The molecule has 1 atom stereocenters. The molecule has 1 amide bonds. The maximum atomic E-state index is 12.2. The van der Waals surface area contributed by atoms with Crippen LogP contribution in [0.1, 0.15) is 30.6 Å². The van der Waals surface area contributed by atoms with E-state index in [1.54, 1.807) is 13.0 Å². The first-order valence-corrected chi connectivity index (χ1v) is 6.89. The van der Waals surface area contributed by atoms with E-state index in [0.717, 1.165) is 0 Å². The molecular formula is C14H18ClNO4. The Morgan fingerprint density at radius 1 is 1.45 bits per heavy atom. The lowest BCUT2D eigenvalue weighted by Gasteiger charge is -2.27. The van der Waals surface area contributed by atoms with E-state index in [-0.39, 0.29) is 12.5 Å². The second kappa shape index (κ2) is 5.89. The van der Waals surface area contributed by atoms with Gasteiger partial charge >= 0.3 is 0 Å². The number of carbonyl (C=O) groups is 1. The largest absolute Gasteiger partial charge is 0.486 e. The summed E-state index contributed by atoms with van der Waals surface area (Å²) < 4.78 is 10.8. The van der Waals surface area contributed by atoms with Gasteiger partial charge in [-0.3, -0.25) is 4.79 Å². The maximum Gasteiger partial charge on any atom is 0.251 e. The zero-order valence-corrected chi connectivity index (χ0v) is 12.3. The van der Waals surface area contributed by atoms with Crippen LogP contribution in [-0.4, -0.2) is 36.4 Å². The summed E-state index contributed by atoms with van der Waals surface area (Å²) in [6, 6.07) is 3.14. The van der Waals surface area contributed by atoms with Crippen LogP contribution in [0.25, 0.3) is 0 Å². The molecule has 1 aliphatic heterocycles. The fourth-order valence-corrected chi connectivity index (χ4v) is 2.09. The summed E-state index contributed by atoms with van der Waals surface area (Å²) in [5, 5.41) is 12.5. The summed E-state index contributed by atoms with van der Waals surface area (Å²) in [6.07, 6.45) is 0.619. The third-order valence-corrected chi connectivity index (χ3v) is 3.68. The number of hydrogen-bond donors (Lipinski definition) is 2. The summed E-state index contributed by atoms with van der Waals surface area (Å²) >= 11 is 6.10. The van der Waals surface area contributed by atoms with Gasteiger partial charge in [-0.15, -0.1) is 0 Å². The monoisotopic (exact) mass is 299 g/mol. The predicted molar refractivity (Wildman–Crippen MR) is 75.7 cm³/mol. The Morgan fingerprint density at radius 2 is 2.15 bits per heavy atom. The van der Waals surface area contributed by atoms with Crippen molar-refractivity contribution in [3.63, 3.8) is 0 Å². The molecule has 1 aliphatic rings. The molecule has 110 valence electrons. The Kier molecular flexibility index (Phi) is 4.40. The third-order valence-electron chi connectivity index (χ3n) is 3.40. The van der Waals surface area contributed by atoms with Crippen molar-refractivity contribution < 1.29 is 19.4 Å². The normalized spacial score (nSPS) is 16.4. The van der Waals surface area contributed by atoms with Crippen molar-refractivity contribution in [3.05, 3.63) is 22.7 Å². The number of ether oxygens (including phenoxy) is 2. The van der Waals surface area contributed by atoms with Gasteiger partial charge in [-0.25, -0.2) is 0 Å². The lowest BCUT2D eigenvalue weighted by atomic mass is 9.99. The highest BCUT2D eigenvalue weighted by Gasteiger charge is 2.25. The molecule has 0 aliphatic carbocycles. The topological polar surface area (TPSA) is 67.8 Å². The fourth-order valence-electron chi connectivity index (χ4n) is 1.83. The molecule has 0 bridgehead atoms. The number of rotatable bonds is 4. The number of hydrogen-bond acceptors (Lipinski definition) is 4. The van der Waals surface area contributed by atoms with E-state index in [9.17, 15) is 9.90 Å². The van der Waals surface area contributed by atoms with Crippen LogP contribution in [0.5, 0.6) is 11.5 Å². The van der Waals surface area contributed by atoms with Gasteiger partial charge in [0.1, 0.15) is 13.2 Å². The second-order valence-corrected chi connectivity index (χ2v) is 5.42. The minimum Gasteiger partial charge on any atom is -0.486 e. The number of aliphatic hydroxyl groups is 1. The van der Waals surface area contributed by atoms with Crippen LogP contribution >= 0.6 is 11.6 Å². The van der Waals surface area contributed by atoms with Gasteiger partial charge in [0.05, 0.1) is 17.2 Å². The van der Waals surface area contributed by atoms with Crippen LogP contribution in [0.3, 0.4) is 0 Å². The van der Waals surface area contributed by atoms with Crippen LogP contribution in [-0.2, 0) is 0 Å². The Balaban J connectivity index is 2.25. The highest BCUT2D eigenvalue weighted by molar-refractivity contribution is 6.32. The quantitative estimate of drug-likeness (QED) is 0.892. The van der Waals surface area contributed by atoms with E-state index in [2.05, 4.69) is 5.32 Å². The minimum atomic E-state index is -0.656. The number of fused-ring (bicyclic) bond motifs is 1. The van der Waals surface area contributed by atoms with Crippen molar-refractivity contribution in [2.45, 2.75) is 25.8 Å². The second-order valence-electron chi connectivity index (χ2n) is 5.01. The molecule has 0 radical (unpaired) electrons. The fraction of sp³-hybridized carbons (Fsp3) is 0.500. The van der Waals surface area contributed by atoms with E-state index in [4.69, 9.17) is 21.1 Å². The highest BCUT2D eigenvalue weighted by Crippen LogP contribution is 2.38. The first-order chi connectivity index (χ1) is 9.49. The number of amides is 1. The summed E-state index contributed by atoms with van der Waals surface area (Å²) in [5.41, 5.74) is -0.274. The molecule has 5 nitrogen and oxygen atoms in total. The van der Waals surface area contributed by atoms with E-state index < -0.39 is 5.54 Å². The van der Waals surface area contributed by atoms with Crippen molar-refractivity contribution in [2.24, 2.45) is 0 Å². The van der Waals surface area contributed by atoms with Crippen molar-refractivity contribution >= 4 is 17.5 Å². The van der Waals surface area contributed by atoms with Gasteiger partial charge in [0.15, 0.2) is 11.5 Å². The molecule has 2 N–H and O–H groups in total. The smallest absolute Gasteiger partial charge is 0.251 e. The Hall–Kier alpha value is -1.46. The van der Waals surface area contributed by atoms with Gasteiger partial charge in [-0.1, -0.05) is 18.5 Å². The van der Waals surface area contributed by atoms with Gasteiger partial charge in [-0.2, -0.15) is 0 Å². The van der Waals surface area contributed by atoms with Gasteiger partial charge in [0.2, 0.25) is 0 Å². The number of nitrogens with one attached hydrogen (secondary N) is 1. The molecular weight excluding hydrogens is 282 g/mol. The molecule has 6 heteroatoms. The summed E-state index contributed by atoms with van der Waals surface area (Å²) in [6.45, 7) is 4.42. The number of halogens is 1. The molecule has 0 aromatic heterocycles. The summed E-state index contributed by atoms with van der Waals surface area (Å²) in [4.78, 5) is 12.2. The first kappa shape index (κ1) is 14.9. The van der Waals surface area contributed by atoms with Gasteiger partial charge in [-0.05, 0) is 25.5 Å². The molecule has 1 unspecified atom stereocenters. The van der Waals surface area contributed by atoms with E-state index in [0.29, 0.717) is 41.7 Å². The molecule has 0 saturated carbocycles. The zero-order chi connectivity index (χ0) is 14.8. The van der Waals surface area contributed by atoms with Crippen molar-refractivity contribution in [1.29, 1.82) is 0 Å². The van der Waals surface area contributed by atoms with Crippen LogP contribution in [0.2, 0.25) is 5.02 Å². The SMILES string of the molecule is CCC(C)(CO)NC(=O)c1cc(Cl)c2c(c1)OCCO2. The number of benzene rings is 1. The van der Waals surface area contributed by atoms with Gasteiger partial charge < -0.3 is 19.9 Å². The number of aliphatic hydroxyl groups excluding tert-OH is 1. The lowest BCUT2D eigenvalue weighted by Crippen LogP contribution is -2.48. The average Bonchev–Trinajstić information content (AvgIpc) is 2.47. The van der Waals surface area contributed by atoms with Crippen LogP contribution < -0.4 is 14.8 Å². The standard InChI is InChI=1S/C14H18ClNO4/c1-3-14(2,8-17)16-13(18)9-6-10(15)12-11(7-9)19-4-5-20-12/h6-7,17H,3-5,8H2,1-2H3,(H,16,18). The van der Waals surface area contributed by atoms with E-state index >= 15 is 0 Å².